The molecule has 0 N–H and O–H groups in total. The van der Waals surface area contributed by atoms with E-state index in [1.54, 1.807) is 30.3 Å². The van der Waals surface area contributed by atoms with Crippen LogP contribution in [0.1, 0.15) is 76.0 Å². The Morgan fingerprint density at radius 2 is 1.37 bits per heavy atom. The summed E-state index contributed by atoms with van der Waals surface area (Å²) >= 11 is 3.58. The zero-order chi connectivity index (χ0) is 33.0. The van der Waals surface area contributed by atoms with Crippen LogP contribution in [0.3, 0.4) is 0 Å². The van der Waals surface area contributed by atoms with Gasteiger partial charge >= 0.3 is 10.1 Å². The van der Waals surface area contributed by atoms with Crippen LogP contribution in [0.5, 0.6) is 5.75 Å². The third-order valence-corrected chi connectivity index (χ3v) is 11.0. The molecule has 0 saturated heterocycles. The third-order valence-electron chi connectivity index (χ3n) is 9.28. The second-order valence-electron chi connectivity index (χ2n) is 14.5. The van der Waals surface area contributed by atoms with Gasteiger partial charge in [-0.2, -0.15) is 8.42 Å². The second-order valence-corrected chi connectivity index (χ2v) is 16.9. The van der Waals surface area contributed by atoms with E-state index < -0.39 is 16.0 Å². The summed E-state index contributed by atoms with van der Waals surface area (Å²) < 4.78 is 33.7. The molecule has 0 amide bonds. The summed E-state index contributed by atoms with van der Waals surface area (Å²) in [6, 6.07) is 21.9. The molecule has 0 aromatic heterocycles. The number of allylic oxidation sites excluding steroid dienone is 4. The second kappa shape index (κ2) is 11.9. The van der Waals surface area contributed by atoms with Crippen molar-refractivity contribution in [1.29, 1.82) is 0 Å². The summed E-state index contributed by atoms with van der Waals surface area (Å²) in [4.78, 5) is 30.9. The Morgan fingerprint density at radius 3 is 1.93 bits per heavy atom. The average molecular weight is 703 g/mol. The predicted molar refractivity (Wildman–Crippen MR) is 183 cm³/mol. The SMILES string of the molecule is Cc1ccc(S(=O)(=O)Oc2ccc(Br)cc2C2C3=C(CC(C)(C)CC3=O)N(CCc3ccccc3)C3=C2C(=O)CC(C)(C)C3)cc1. The summed E-state index contributed by atoms with van der Waals surface area (Å²) in [6.45, 7) is 11.0. The monoisotopic (exact) mass is 701 g/mol. The van der Waals surface area contributed by atoms with Crippen LogP contribution >= 0.6 is 15.9 Å². The fourth-order valence-corrected chi connectivity index (χ4v) is 8.54. The van der Waals surface area contributed by atoms with Crippen LogP contribution in [-0.2, 0) is 26.1 Å². The number of Topliss-reactive ketones (excluding diaryl/α,β-unsaturated/α-hetero) is 2. The molecule has 0 unspecified atom stereocenters. The smallest absolute Gasteiger partial charge is 0.339 e. The normalized spacial score (nSPS) is 19.7. The quantitative estimate of drug-likeness (QED) is 0.230. The molecule has 0 saturated carbocycles. The van der Waals surface area contributed by atoms with Crippen LogP contribution in [0.15, 0.2) is 105 Å². The number of aryl methyl sites for hydroxylation is 1. The topological polar surface area (TPSA) is 80.8 Å². The van der Waals surface area contributed by atoms with E-state index in [1.165, 1.54) is 17.7 Å². The van der Waals surface area contributed by atoms with E-state index in [4.69, 9.17) is 4.18 Å². The minimum absolute atomic E-state index is 0.0162. The maximum absolute atomic E-state index is 14.3. The molecule has 240 valence electrons. The molecule has 3 aromatic carbocycles. The summed E-state index contributed by atoms with van der Waals surface area (Å²) in [7, 11) is -4.20. The maximum atomic E-state index is 14.3. The van der Waals surface area contributed by atoms with Gasteiger partial charge in [-0.3, -0.25) is 9.59 Å². The molecule has 0 fully saturated rings. The van der Waals surface area contributed by atoms with Crippen molar-refractivity contribution in [1.82, 2.24) is 4.90 Å². The van der Waals surface area contributed by atoms with Crippen molar-refractivity contribution in [2.45, 2.75) is 77.5 Å². The van der Waals surface area contributed by atoms with Crippen molar-refractivity contribution in [2.75, 3.05) is 6.54 Å². The molecule has 0 radical (unpaired) electrons. The number of halogens is 1. The van der Waals surface area contributed by atoms with E-state index in [1.807, 2.05) is 25.1 Å². The van der Waals surface area contributed by atoms with E-state index >= 15 is 0 Å². The number of nitrogens with zero attached hydrogens (tertiary/aromatic N) is 1. The van der Waals surface area contributed by atoms with Gasteiger partial charge in [-0.1, -0.05) is 91.7 Å². The number of ketones is 2. The van der Waals surface area contributed by atoms with Gasteiger partial charge in [0.1, 0.15) is 10.6 Å². The number of carbonyl (C=O) groups excluding carboxylic acids is 2. The van der Waals surface area contributed by atoms with Gasteiger partial charge in [0.05, 0.1) is 0 Å². The van der Waals surface area contributed by atoms with Gasteiger partial charge in [-0.25, -0.2) is 0 Å². The molecule has 6 rings (SSSR count). The van der Waals surface area contributed by atoms with Crippen LogP contribution in [0.2, 0.25) is 0 Å². The molecular formula is C38H40BrNO5S. The summed E-state index contributed by atoms with van der Waals surface area (Å²) in [5, 5.41) is 0. The number of hydrogen-bond acceptors (Lipinski definition) is 6. The first kappa shape index (κ1) is 32.5. The van der Waals surface area contributed by atoms with Crippen LogP contribution < -0.4 is 4.18 Å². The molecule has 8 heteroatoms. The zero-order valence-corrected chi connectivity index (χ0v) is 29.4. The first-order chi connectivity index (χ1) is 21.6. The lowest BCUT2D eigenvalue weighted by molar-refractivity contribution is -0.119. The van der Waals surface area contributed by atoms with Crippen molar-refractivity contribution >= 4 is 37.6 Å². The standard InChI is InChI=1S/C38H40BrNO5S/c1-24-11-14-27(15-12-24)46(43,44)45-33-16-13-26(39)19-28(33)34-35-29(20-37(2,3)22-31(35)41)40(18-17-25-9-7-6-8-10-25)30-21-38(4,5)23-32(42)36(30)34/h6-16,19,34H,17-18,20-23H2,1-5H3. The lowest BCUT2D eigenvalue weighted by Crippen LogP contribution is -2.45. The molecule has 1 heterocycles. The Balaban J connectivity index is 1.55. The van der Waals surface area contributed by atoms with Crippen molar-refractivity contribution < 1.29 is 22.2 Å². The molecule has 3 aliphatic rings. The number of rotatable bonds is 7. The van der Waals surface area contributed by atoms with E-state index in [2.05, 4.69) is 60.7 Å². The molecule has 46 heavy (non-hydrogen) atoms. The van der Waals surface area contributed by atoms with Crippen LogP contribution in [0, 0.1) is 17.8 Å². The number of carbonyl (C=O) groups is 2. The average Bonchev–Trinajstić information content (AvgIpc) is 2.96. The fraction of sp³-hybridized carbons (Fsp3) is 0.368. The van der Waals surface area contributed by atoms with Gasteiger partial charge < -0.3 is 9.08 Å². The highest BCUT2D eigenvalue weighted by Crippen LogP contribution is 2.55. The minimum Gasteiger partial charge on any atom is -0.379 e. The van der Waals surface area contributed by atoms with Gasteiger partial charge in [0.25, 0.3) is 0 Å². The van der Waals surface area contributed by atoms with Gasteiger partial charge in [-0.15, -0.1) is 0 Å². The van der Waals surface area contributed by atoms with Gasteiger partial charge in [0, 0.05) is 57.9 Å². The Hall–Kier alpha value is -3.49. The Bertz CT molecular complexity index is 1830. The third kappa shape index (κ3) is 6.39. The largest absolute Gasteiger partial charge is 0.379 e. The molecule has 3 aromatic rings. The van der Waals surface area contributed by atoms with Gasteiger partial charge in [0.15, 0.2) is 11.6 Å². The number of hydrogen-bond donors (Lipinski definition) is 0. The first-order valence-corrected chi connectivity index (χ1v) is 18.0. The van der Waals surface area contributed by atoms with Crippen LogP contribution in [-0.4, -0.2) is 31.4 Å². The molecular weight excluding hydrogens is 662 g/mol. The molecule has 1 aliphatic heterocycles. The van der Waals surface area contributed by atoms with Crippen molar-refractivity contribution in [2.24, 2.45) is 10.8 Å². The van der Waals surface area contributed by atoms with Crippen molar-refractivity contribution in [3.63, 3.8) is 0 Å². The van der Waals surface area contributed by atoms with Crippen LogP contribution in [0.25, 0.3) is 0 Å². The first-order valence-electron chi connectivity index (χ1n) is 15.8. The Morgan fingerprint density at radius 1 is 0.804 bits per heavy atom. The lowest BCUT2D eigenvalue weighted by atomic mass is 9.63. The lowest BCUT2D eigenvalue weighted by Gasteiger charge is -2.49. The van der Waals surface area contributed by atoms with E-state index in [9.17, 15) is 18.0 Å². The van der Waals surface area contributed by atoms with Gasteiger partial charge in [-0.05, 0) is 72.9 Å². The molecule has 2 aliphatic carbocycles. The highest BCUT2D eigenvalue weighted by molar-refractivity contribution is 9.10. The van der Waals surface area contributed by atoms with E-state index in [0.717, 1.165) is 23.4 Å². The zero-order valence-electron chi connectivity index (χ0n) is 27.0. The summed E-state index contributed by atoms with van der Waals surface area (Å²) in [5.74, 6) is -0.665. The Labute approximate surface area is 280 Å². The maximum Gasteiger partial charge on any atom is 0.339 e. The van der Waals surface area contributed by atoms with Crippen molar-refractivity contribution in [3.05, 3.63) is 116 Å². The molecule has 0 bridgehead atoms. The van der Waals surface area contributed by atoms with Crippen molar-refractivity contribution in [3.8, 4) is 5.75 Å². The molecule has 0 atom stereocenters. The van der Waals surface area contributed by atoms with Gasteiger partial charge in [0.2, 0.25) is 0 Å². The van der Waals surface area contributed by atoms with Crippen LogP contribution in [0.4, 0.5) is 0 Å². The summed E-state index contributed by atoms with van der Waals surface area (Å²) in [6.07, 6.45) is 2.75. The van der Waals surface area contributed by atoms with E-state index in [0.29, 0.717) is 53.4 Å². The minimum atomic E-state index is -4.20. The van der Waals surface area contributed by atoms with E-state index in [-0.39, 0.29) is 33.0 Å². The highest BCUT2D eigenvalue weighted by Gasteiger charge is 2.49. The molecule has 6 nitrogen and oxygen atoms in total. The molecule has 0 spiro atoms. The highest BCUT2D eigenvalue weighted by atomic mass is 79.9. The number of benzene rings is 3. The summed E-state index contributed by atoms with van der Waals surface area (Å²) in [5.41, 5.74) is 5.07. The Kier molecular flexibility index (Phi) is 8.43. The fourth-order valence-electron chi connectivity index (χ4n) is 7.21. The predicted octanol–water partition coefficient (Wildman–Crippen LogP) is 8.45.